The second-order valence-electron chi connectivity index (χ2n) is 7.78. The topological polar surface area (TPSA) is 122 Å². The normalized spacial score (nSPS) is 14.5. The first-order valence-corrected chi connectivity index (χ1v) is 12.4. The minimum Gasteiger partial charge on any atom is -0.350 e. The van der Waals surface area contributed by atoms with Crippen molar-refractivity contribution in [2.24, 2.45) is 0 Å². The van der Waals surface area contributed by atoms with Crippen molar-refractivity contribution in [3.63, 3.8) is 0 Å². The molecule has 2 amide bonds. The summed E-state index contributed by atoms with van der Waals surface area (Å²) in [7, 11) is -4.05. The lowest BCUT2D eigenvalue weighted by Crippen LogP contribution is -2.32. The molecular weight excluding hydrogens is 560 g/mol. The predicted molar refractivity (Wildman–Crippen MR) is 129 cm³/mol. The van der Waals surface area contributed by atoms with E-state index in [0.717, 1.165) is 6.07 Å². The Labute approximate surface area is 217 Å². The maximum Gasteiger partial charge on any atom is 0.416 e. The number of halogens is 5. The van der Waals surface area contributed by atoms with Crippen molar-refractivity contribution < 1.29 is 35.7 Å². The van der Waals surface area contributed by atoms with Crippen molar-refractivity contribution >= 4 is 62.3 Å². The highest BCUT2D eigenvalue weighted by atomic mass is 35.5. The van der Waals surface area contributed by atoms with Gasteiger partial charge in [-0.1, -0.05) is 28.4 Å². The van der Waals surface area contributed by atoms with Crippen LogP contribution in [0.1, 0.15) is 16.8 Å². The first-order chi connectivity index (χ1) is 17.2. The molecule has 0 unspecified atom stereocenters. The van der Waals surface area contributed by atoms with E-state index in [-0.39, 0.29) is 21.5 Å². The van der Waals surface area contributed by atoms with Crippen molar-refractivity contribution in [3.05, 3.63) is 75.0 Å². The number of imide groups is 1. The Morgan fingerprint density at radius 1 is 1.00 bits per heavy atom. The number of amides is 2. The van der Waals surface area contributed by atoms with E-state index >= 15 is 0 Å². The molecule has 1 aromatic heterocycles. The van der Waals surface area contributed by atoms with Gasteiger partial charge in [-0.3, -0.25) is 9.59 Å². The van der Waals surface area contributed by atoms with Gasteiger partial charge in [0.25, 0.3) is 21.8 Å². The van der Waals surface area contributed by atoms with E-state index in [0.29, 0.717) is 28.3 Å². The van der Waals surface area contributed by atoms with Crippen molar-refractivity contribution in [1.29, 1.82) is 0 Å². The largest absolute Gasteiger partial charge is 0.416 e. The number of nitrogens with zero attached hydrogens (tertiary/aromatic N) is 2. The van der Waals surface area contributed by atoms with Gasteiger partial charge >= 0.3 is 6.18 Å². The maximum absolute atomic E-state index is 13.1. The highest BCUT2D eigenvalue weighted by Crippen LogP contribution is 2.39. The number of aromatic nitrogens is 1. The number of hydrogen-bond acceptors (Lipinski definition) is 7. The Morgan fingerprint density at radius 2 is 1.65 bits per heavy atom. The molecule has 15 heteroatoms. The van der Waals surface area contributed by atoms with Crippen molar-refractivity contribution in [3.8, 4) is 0 Å². The summed E-state index contributed by atoms with van der Waals surface area (Å²) in [5.41, 5.74) is -0.853. The van der Waals surface area contributed by atoms with E-state index in [1.807, 2.05) is 0 Å². The van der Waals surface area contributed by atoms with E-state index in [9.17, 15) is 31.2 Å². The number of rotatable bonds is 6. The number of alkyl halides is 3. The van der Waals surface area contributed by atoms with E-state index in [1.165, 1.54) is 24.3 Å². The fourth-order valence-electron chi connectivity index (χ4n) is 3.24. The minimum atomic E-state index is -4.74. The highest BCUT2D eigenvalue weighted by Gasteiger charge is 2.41. The number of nitrogens with one attached hydrogen (secondary N) is 2. The number of carbonyl (C=O) groups excluding carboxylic acids is 2. The molecule has 0 bridgehead atoms. The van der Waals surface area contributed by atoms with Gasteiger partial charge < -0.3 is 9.84 Å². The zero-order chi connectivity index (χ0) is 27.3. The summed E-state index contributed by atoms with van der Waals surface area (Å²) in [6.07, 6.45) is -4.74. The Hall–Kier alpha value is -3.55. The molecular formula is C22H15Cl2F3N4O5S. The molecule has 0 spiro atoms. The smallest absolute Gasteiger partial charge is 0.350 e. The first-order valence-electron chi connectivity index (χ1n) is 10.2. The summed E-state index contributed by atoms with van der Waals surface area (Å²) in [5, 5.41) is 5.41. The number of anilines is 3. The molecule has 1 aliphatic rings. The lowest BCUT2D eigenvalue weighted by molar-refractivity contribution is -0.137. The van der Waals surface area contributed by atoms with Gasteiger partial charge in [-0.15, -0.1) is 0 Å². The predicted octanol–water partition coefficient (Wildman–Crippen LogP) is 5.20. The zero-order valence-electron chi connectivity index (χ0n) is 18.8. The van der Waals surface area contributed by atoms with Gasteiger partial charge in [0.2, 0.25) is 5.88 Å². The Balaban J connectivity index is 1.56. The number of benzene rings is 2. The third-order valence-corrected chi connectivity index (χ3v) is 7.38. The van der Waals surface area contributed by atoms with Gasteiger partial charge in [0.15, 0.2) is 0 Å². The molecule has 37 heavy (non-hydrogen) atoms. The summed E-state index contributed by atoms with van der Waals surface area (Å²) >= 11 is 12.0. The fourth-order valence-corrected chi connectivity index (χ4v) is 4.71. The average molecular weight is 575 g/mol. The number of aryl methyl sites for hydroxylation is 1. The van der Waals surface area contributed by atoms with Crippen LogP contribution in [-0.4, -0.2) is 25.4 Å². The van der Waals surface area contributed by atoms with Crippen LogP contribution in [0.15, 0.2) is 62.6 Å². The van der Waals surface area contributed by atoms with Crippen LogP contribution >= 0.6 is 23.2 Å². The average Bonchev–Trinajstić information content (AvgIpc) is 3.24. The molecule has 2 N–H and O–H groups in total. The Bertz CT molecular complexity index is 1570. The van der Waals surface area contributed by atoms with Gasteiger partial charge in [0.05, 0.1) is 26.9 Å². The van der Waals surface area contributed by atoms with Crippen LogP contribution in [0.4, 0.5) is 30.4 Å². The molecule has 2 heterocycles. The van der Waals surface area contributed by atoms with Gasteiger partial charge in [-0.05, 0) is 56.3 Å². The standard InChI is InChI=1S/C22H15Cl2F3N4O5S/c1-10-11(2)29-36-19(10)30-37(34,35)14-6-4-13(5-7-14)28-18-17(24)20(32)31(21(18)33)16-9-12(22(25,26)27)3-8-15(16)23/h3-9,28,30H,1-2H3. The van der Waals surface area contributed by atoms with Crippen LogP contribution < -0.4 is 14.9 Å². The van der Waals surface area contributed by atoms with Gasteiger partial charge in [0.1, 0.15) is 10.7 Å². The molecule has 0 fully saturated rings. The van der Waals surface area contributed by atoms with Gasteiger partial charge in [-0.25, -0.2) is 18.0 Å². The van der Waals surface area contributed by atoms with E-state index < -0.39 is 50.0 Å². The molecule has 1 aliphatic heterocycles. The zero-order valence-corrected chi connectivity index (χ0v) is 21.1. The van der Waals surface area contributed by atoms with Crippen LogP contribution in [0.2, 0.25) is 5.02 Å². The maximum atomic E-state index is 13.1. The molecule has 0 atom stereocenters. The molecule has 0 aliphatic carbocycles. The third-order valence-electron chi connectivity index (χ3n) is 5.36. The highest BCUT2D eigenvalue weighted by molar-refractivity contribution is 7.92. The lowest BCUT2D eigenvalue weighted by atomic mass is 10.2. The number of carbonyl (C=O) groups is 2. The second kappa shape index (κ2) is 9.39. The second-order valence-corrected chi connectivity index (χ2v) is 10.2. The summed E-state index contributed by atoms with van der Waals surface area (Å²) in [5.74, 6) is -2.18. The van der Waals surface area contributed by atoms with E-state index in [1.54, 1.807) is 13.8 Å². The van der Waals surface area contributed by atoms with Crippen LogP contribution in [-0.2, 0) is 25.8 Å². The fraction of sp³-hybridized carbons (Fsp3) is 0.136. The molecule has 194 valence electrons. The minimum absolute atomic E-state index is 0.0416. The van der Waals surface area contributed by atoms with Crippen molar-refractivity contribution in [1.82, 2.24) is 5.16 Å². The number of hydrogen-bond donors (Lipinski definition) is 2. The monoisotopic (exact) mass is 574 g/mol. The lowest BCUT2D eigenvalue weighted by Gasteiger charge is -2.18. The summed E-state index contributed by atoms with van der Waals surface area (Å²) < 4.78 is 72.0. The van der Waals surface area contributed by atoms with Crippen LogP contribution in [0, 0.1) is 13.8 Å². The van der Waals surface area contributed by atoms with E-state index in [4.69, 9.17) is 27.7 Å². The molecule has 0 saturated carbocycles. The van der Waals surface area contributed by atoms with Crippen molar-refractivity contribution in [2.45, 2.75) is 24.9 Å². The summed E-state index contributed by atoms with van der Waals surface area (Å²) in [6, 6.07) is 7.19. The third kappa shape index (κ3) is 5.02. The van der Waals surface area contributed by atoms with Crippen LogP contribution in [0.3, 0.4) is 0 Å². The molecule has 2 aromatic carbocycles. The van der Waals surface area contributed by atoms with Crippen molar-refractivity contribution in [2.75, 3.05) is 14.9 Å². The van der Waals surface area contributed by atoms with E-state index in [2.05, 4.69) is 15.2 Å². The quantitative estimate of drug-likeness (QED) is 0.388. The molecule has 3 aromatic rings. The molecule has 0 saturated heterocycles. The summed E-state index contributed by atoms with van der Waals surface area (Å²) in [6.45, 7) is 3.28. The summed E-state index contributed by atoms with van der Waals surface area (Å²) in [4.78, 5) is 25.9. The number of sulfonamides is 1. The van der Waals surface area contributed by atoms with Crippen LogP contribution in [0.5, 0.6) is 0 Å². The Morgan fingerprint density at radius 3 is 2.22 bits per heavy atom. The molecule has 9 nitrogen and oxygen atoms in total. The Kier molecular flexibility index (Phi) is 6.73. The first kappa shape index (κ1) is 26.5. The van der Waals surface area contributed by atoms with Crippen LogP contribution in [0.25, 0.3) is 0 Å². The SMILES string of the molecule is Cc1noc(NS(=O)(=O)c2ccc(NC3=C(Cl)C(=O)N(c4cc(C(F)(F)F)ccc4Cl)C3=O)cc2)c1C. The van der Waals surface area contributed by atoms with Gasteiger partial charge in [-0.2, -0.15) is 13.2 Å². The molecule has 0 radical (unpaired) electrons. The molecule has 4 rings (SSSR count). The van der Waals surface area contributed by atoms with Gasteiger partial charge in [0, 0.05) is 11.3 Å².